The molecule has 2 aromatic carbocycles. The molecule has 22 heavy (non-hydrogen) atoms. The number of nitrogens with one attached hydrogen (secondary N) is 1. The van der Waals surface area contributed by atoms with Gasteiger partial charge in [-0.2, -0.15) is 0 Å². The van der Waals surface area contributed by atoms with Gasteiger partial charge in [0.25, 0.3) is 5.91 Å². The molecule has 2 rings (SSSR count). The second-order valence-electron chi connectivity index (χ2n) is 4.90. The molecular formula is C17H17Cl2NO2. The van der Waals surface area contributed by atoms with Gasteiger partial charge in [0, 0.05) is 10.7 Å². The fraction of sp³-hybridized carbons (Fsp3) is 0.235. The molecule has 116 valence electrons. The van der Waals surface area contributed by atoms with Gasteiger partial charge in [-0.3, -0.25) is 4.79 Å². The highest BCUT2D eigenvalue weighted by atomic mass is 35.5. The number of amides is 1. The molecule has 0 fully saturated rings. The molecular weight excluding hydrogens is 321 g/mol. The van der Waals surface area contributed by atoms with Gasteiger partial charge < -0.3 is 10.1 Å². The van der Waals surface area contributed by atoms with Crippen LogP contribution in [0.3, 0.4) is 0 Å². The van der Waals surface area contributed by atoms with Crippen molar-refractivity contribution in [2.24, 2.45) is 0 Å². The van der Waals surface area contributed by atoms with E-state index in [-0.39, 0.29) is 5.91 Å². The Hall–Kier alpha value is -1.71. The zero-order valence-electron chi connectivity index (χ0n) is 12.4. The summed E-state index contributed by atoms with van der Waals surface area (Å²) in [6.07, 6.45) is -0.101. The van der Waals surface area contributed by atoms with Crippen molar-refractivity contribution in [1.29, 1.82) is 0 Å². The minimum atomic E-state index is -0.625. The number of benzene rings is 2. The molecule has 0 saturated carbocycles. The van der Waals surface area contributed by atoms with E-state index in [0.29, 0.717) is 27.9 Å². The highest BCUT2D eigenvalue weighted by molar-refractivity contribution is 6.32. The lowest BCUT2D eigenvalue weighted by atomic mass is 10.2. The van der Waals surface area contributed by atoms with Crippen molar-refractivity contribution in [2.75, 3.05) is 5.32 Å². The highest BCUT2D eigenvalue weighted by Gasteiger charge is 2.19. The van der Waals surface area contributed by atoms with Crippen LogP contribution in [0.1, 0.15) is 18.9 Å². The van der Waals surface area contributed by atoms with E-state index in [1.54, 1.807) is 24.3 Å². The average molecular weight is 338 g/mol. The number of para-hydroxylation sites is 1. The maximum atomic E-state index is 12.3. The van der Waals surface area contributed by atoms with Crippen LogP contribution in [0.15, 0.2) is 42.5 Å². The van der Waals surface area contributed by atoms with Crippen LogP contribution < -0.4 is 10.1 Å². The lowest BCUT2D eigenvalue weighted by Gasteiger charge is -2.18. The number of carbonyl (C=O) groups is 1. The van der Waals surface area contributed by atoms with E-state index in [1.165, 1.54) is 0 Å². The molecule has 0 spiro atoms. The number of aryl methyl sites for hydroxylation is 1. The van der Waals surface area contributed by atoms with E-state index < -0.39 is 6.10 Å². The first-order valence-corrected chi connectivity index (χ1v) is 7.75. The summed E-state index contributed by atoms with van der Waals surface area (Å²) in [5.74, 6) is 0.260. The van der Waals surface area contributed by atoms with E-state index in [1.807, 2.05) is 32.0 Å². The van der Waals surface area contributed by atoms with Crippen LogP contribution in [0.2, 0.25) is 10.0 Å². The summed E-state index contributed by atoms with van der Waals surface area (Å²) in [4.78, 5) is 12.3. The monoisotopic (exact) mass is 337 g/mol. The van der Waals surface area contributed by atoms with Crippen LogP contribution in [0, 0.1) is 6.92 Å². The van der Waals surface area contributed by atoms with Crippen molar-refractivity contribution < 1.29 is 9.53 Å². The Balaban J connectivity index is 2.08. The Kier molecular flexibility index (Phi) is 5.69. The number of anilines is 1. The van der Waals surface area contributed by atoms with Gasteiger partial charge in [-0.05, 0) is 43.2 Å². The van der Waals surface area contributed by atoms with Crippen molar-refractivity contribution >= 4 is 34.8 Å². The van der Waals surface area contributed by atoms with E-state index in [0.717, 1.165) is 5.56 Å². The molecule has 2 aromatic rings. The first-order valence-electron chi connectivity index (χ1n) is 6.99. The molecule has 0 radical (unpaired) electrons. The zero-order chi connectivity index (χ0) is 16.1. The molecule has 0 bridgehead atoms. The van der Waals surface area contributed by atoms with Crippen LogP contribution in [0.5, 0.6) is 5.75 Å². The van der Waals surface area contributed by atoms with Crippen molar-refractivity contribution in [1.82, 2.24) is 0 Å². The highest BCUT2D eigenvalue weighted by Crippen LogP contribution is 2.25. The van der Waals surface area contributed by atoms with Crippen LogP contribution in [-0.4, -0.2) is 12.0 Å². The first kappa shape index (κ1) is 16.7. The van der Waals surface area contributed by atoms with Gasteiger partial charge in [0.2, 0.25) is 0 Å². The topological polar surface area (TPSA) is 38.3 Å². The zero-order valence-corrected chi connectivity index (χ0v) is 13.9. The van der Waals surface area contributed by atoms with Gasteiger partial charge in [0.05, 0.1) is 5.02 Å². The molecule has 1 atom stereocenters. The number of ether oxygens (including phenoxy) is 1. The maximum Gasteiger partial charge on any atom is 0.265 e. The molecule has 3 nitrogen and oxygen atoms in total. The Morgan fingerprint density at radius 1 is 1.18 bits per heavy atom. The Morgan fingerprint density at radius 3 is 2.55 bits per heavy atom. The smallest absolute Gasteiger partial charge is 0.265 e. The third-order valence-electron chi connectivity index (χ3n) is 3.21. The van der Waals surface area contributed by atoms with E-state index in [2.05, 4.69) is 5.32 Å². The third-order valence-corrected chi connectivity index (χ3v) is 3.93. The van der Waals surface area contributed by atoms with Crippen LogP contribution in [0.4, 0.5) is 5.69 Å². The second kappa shape index (κ2) is 7.52. The number of halogens is 2. The maximum absolute atomic E-state index is 12.3. The Bertz CT molecular complexity index is 673. The van der Waals surface area contributed by atoms with Gasteiger partial charge in [-0.25, -0.2) is 0 Å². The van der Waals surface area contributed by atoms with E-state index in [9.17, 15) is 4.79 Å². The molecule has 0 aliphatic carbocycles. The quantitative estimate of drug-likeness (QED) is 0.824. The molecule has 0 unspecified atom stereocenters. The van der Waals surface area contributed by atoms with Gasteiger partial charge >= 0.3 is 0 Å². The molecule has 1 amide bonds. The predicted octanol–water partition coefficient (Wildman–Crippen LogP) is 5.10. The van der Waals surface area contributed by atoms with Gasteiger partial charge in [0.1, 0.15) is 5.75 Å². The first-order chi connectivity index (χ1) is 10.5. The molecule has 0 heterocycles. The summed E-state index contributed by atoms with van der Waals surface area (Å²) >= 11 is 12.1. The number of rotatable bonds is 5. The van der Waals surface area contributed by atoms with Gasteiger partial charge in [-0.1, -0.05) is 48.3 Å². The fourth-order valence-corrected chi connectivity index (χ4v) is 2.27. The van der Waals surface area contributed by atoms with Crippen LogP contribution in [-0.2, 0) is 4.79 Å². The molecule has 5 heteroatoms. The molecule has 0 aliphatic heterocycles. The predicted molar refractivity (Wildman–Crippen MR) is 91.0 cm³/mol. The second-order valence-corrected chi connectivity index (χ2v) is 5.71. The van der Waals surface area contributed by atoms with Crippen LogP contribution >= 0.6 is 23.2 Å². The summed E-state index contributed by atoms with van der Waals surface area (Å²) in [6, 6.07) is 12.5. The number of hydrogen-bond donors (Lipinski definition) is 1. The van der Waals surface area contributed by atoms with E-state index >= 15 is 0 Å². The summed E-state index contributed by atoms with van der Waals surface area (Å²) in [6.45, 7) is 3.78. The van der Waals surface area contributed by atoms with Crippen molar-refractivity contribution in [3.63, 3.8) is 0 Å². The van der Waals surface area contributed by atoms with E-state index in [4.69, 9.17) is 27.9 Å². The van der Waals surface area contributed by atoms with Crippen molar-refractivity contribution in [3.05, 3.63) is 58.1 Å². The Morgan fingerprint density at radius 2 is 1.91 bits per heavy atom. The minimum absolute atomic E-state index is 0.234. The Labute approximate surface area is 140 Å². The molecule has 0 saturated heterocycles. The average Bonchev–Trinajstić information content (AvgIpc) is 2.50. The van der Waals surface area contributed by atoms with Gasteiger partial charge in [-0.15, -0.1) is 0 Å². The number of carbonyl (C=O) groups excluding carboxylic acids is 1. The number of hydrogen-bond acceptors (Lipinski definition) is 2. The summed E-state index contributed by atoms with van der Waals surface area (Å²) in [7, 11) is 0. The minimum Gasteiger partial charge on any atom is -0.479 e. The molecule has 1 N–H and O–H groups in total. The lowest BCUT2D eigenvalue weighted by molar-refractivity contribution is -0.122. The normalized spacial score (nSPS) is 11.8. The fourth-order valence-electron chi connectivity index (χ4n) is 1.91. The van der Waals surface area contributed by atoms with Gasteiger partial charge in [0.15, 0.2) is 6.10 Å². The van der Waals surface area contributed by atoms with Crippen molar-refractivity contribution in [3.8, 4) is 5.75 Å². The summed E-state index contributed by atoms with van der Waals surface area (Å²) < 4.78 is 5.71. The molecule has 0 aliphatic rings. The van der Waals surface area contributed by atoms with Crippen molar-refractivity contribution in [2.45, 2.75) is 26.4 Å². The summed E-state index contributed by atoms with van der Waals surface area (Å²) in [5.41, 5.74) is 1.60. The standard InChI is InChI=1S/C17H17Cl2NO2/c1-3-15(22-16-7-5-4-6-13(16)18)17(21)20-12-9-8-11(2)14(19)10-12/h4-10,15H,3H2,1-2H3,(H,20,21)/t15-/m1/s1. The largest absolute Gasteiger partial charge is 0.479 e. The summed E-state index contributed by atoms with van der Waals surface area (Å²) in [5, 5.41) is 3.90. The lowest BCUT2D eigenvalue weighted by Crippen LogP contribution is -2.32. The van der Waals surface area contributed by atoms with Crippen LogP contribution in [0.25, 0.3) is 0 Å². The SMILES string of the molecule is CC[C@@H](Oc1ccccc1Cl)C(=O)Nc1ccc(C)c(Cl)c1. The molecule has 0 aromatic heterocycles. The third kappa shape index (κ3) is 4.15.